The minimum atomic E-state index is -4.64. The SMILES string of the molecule is Cc1cc(Cl)c(S(=O)(=O)NC2(C(F)(F)F)CC2)cc1N. The lowest BCUT2D eigenvalue weighted by molar-refractivity contribution is -0.160. The van der Waals surface area contributed by atoms with Gasteiger partial charge in [0, 0.05) is 5.69 Å². The molecule has 4 nitrogen and oxygen atoms in total. The quantitative estimate of drug-likeness (QED) is 0.838. The molecule has 0 unspecified atom stereocenters. The van der Waals surface area contributed by atoms with Crippen LogP contribution in [0.25, 0.3) is 0 Å². The molecule has 1 aliphatic rings. The predicted molar refractivity (Wildman–Crippen MR) is 68.9 cm³/mol. The van der Waals surface area contributed by atoms with E-state index in [1.54, 1.807) is 11.6 Å². The first-order chi connectivity index (χ1) is 8.98. The molecule has 0 bridgehead atoms. The summed E-state index contributed by atoms with van der Waals surface area (Å²) in [6.07, 6.45) is -5.20. The van der Waals surface area contributed by atoms with Gasteiger partial charge in [-0.2, -0.15) is 17.9 Å². The van der Waals surface area contributed by atoms with E-state index in [1.165, 1.54) is 6.07 Å². The number of anilines is 1. The van der Waals surface area contributed by atoms with Gasteiger partial charge in [-0.05, 0) is 37.5 Å². The van der Waals surface area contributed by atoms with Gasteiger partial charge in [-0.25, -0.2) is 8.42 Å². The third kappa shape index (κ3) is 2.59. The number of halogens is 4. The van der Waals surface area contributed by atoms with Gasteiger partial charge >= 0.3 is 6.18 Å². The Hall–Kier alpha value is -0.990. The predicted octanol–water partition coefficient (Wildman–Crippen LogP) is 2.60. The molecular formula is C11H12ClF3N2O2S. The fraction of sp³-hybridized carbons (Fsp3) is 0.455. The van der Waals surface area contributed by atoms with Crippen molar-refractivity contribution in [3.05, 3.63) is 22.7 Å². The van der Waals surface area contributed by atoms with E-state index < -0.39 is 26.6 Å². The number of hydrogen-bond acceptors (Lipinski definition) is 3. The molecule has 0 heterocycles. The largest absolute Gasteiger partial charge is 0.407 e. The van der Waals surface area contributed by atoms with Crippen molar-refractivity contribution >= 4 is 27.3 Å². The Labute approximate surface area is 119 Å². The maximum atomic E-state index is 12.8. The highest BCUT2D eigenvalue weighted by atomic mass is 35.5. The molecule has 112 valence electrons. The Balaban J connectivity index is 2.40. The van der Waals surface area contributed by atoms with Crippen LogP contribution in [0.2, 0.25) is 5.02 Å². The molecule has 1 fully saturated rings. The van der Waals surface area contributed by atoms with Crippen molar-refractivity contribution in [2.24, 2.45) is 0 Å². The molecule has 0 saturated heterocycles. The van der Waals surface area contributed by atoms with Gasteiger partial charge in [-0.1, -0.05) is 11.6 Å². The van der Waals surface area contributed by atoms with Crippen LogP contribution in [-0.2, 0) is 10.0 Å². The lowest BCUT2D eigenvalue weighted by atomic mass is 10.2. The lowest BCUT2D eigenvalue weighted by Gasteiger charge is -2.21. The van der Waals surface area contributed by atoms with Crippen LogP contribution in [0.5, 0.6) is 0 Å². The fourth-order valence-electron chi connectivity index (χ4n) is 1.76. The maximum Gasteiger partial charge on any atom is 0.407 e. The van der Waals surface area contributed by atoms with E-state index in [2.05, 4.69) is 0 Å². The van der Waals surface area contributed by atoms with Crippen LogP contribution in [-0.4, -0.2) is 20.1 Å². The van der Waals surface area contributed by atoms with Crippen molar-refractivity contribution < 1.29 is 21.6 Å². The average Bonchev–Trinajstić information content (AvgIpc) is 3.02. The van der Waals surface area contributed by atoms with E-state index in [4.69, 9.17) is 17.3 Å². The highest BCUT2D eigenvalue weighted by molar-refractivity contribution is 7.89. The van der Waals surface area contributed by atoms with Gasteiger partial charge in [-0.15, -0.1) is 0 Å². The van der Waals surface area contributed by atoms with Crippen LogP contribution >= 0.6 is 11.6 Å². The minimum absolute atomic E-state index is 0.145. The monoisotopic (exact) mass is 328 g/mol. The first-order valence-electron chi connectivity index (χ1n) is 5.65. The normalized spacial score (nSPS) is 18.1. The average molecular weight is 329 g/mol. The number of rotatable bonds is 3. The minimum Gasteiger partial charge on any atom is -0.398 e. The molecule has 20 heavy (non-hydrogen) atoms. The number of nitrogens with one attached hydrogen (secondary N) is 1. The van der Waals surface area contributed by atoms with Gasteiger partial charge in [0.1, 0.15) is 10.4 Å². The van der Waals surface area contributed by atoms with Crippen molar-refractivity contribution in [2.45, 2.75) is 36.4 Å². The van der Waals surface area contributed by atoms with Gasteiger partial charge in [0.2, 0.25) is 10.0 Å². The number of aryl methyl sites for hydroxylation is 1. The van der Waals surface area contributed by atoms with E-state index in [9.17, 15) is 21.6 Å². The second kappa shape index (κ2) is 4.51. The Morgan fingerprint density at radius 2 is 1.90 bits per heavy atom. The Bertz CT molecular complexity index is 654. The number of alkyl halides is 3. The number of nitrogen functional groups attached to an aromatic ring is 1. The molecule has 3 N–H and O–H groups in total. The molecule has 0 radical (unpaired) electrons. The van der Waals surface area contributed by atoms with Crippen molar-refractivity contribution in [3.8, 4) is 0 Å². The smallest absolute Gasteiger partial charge is 0.398 e. The summed E-state index contributed by atoms with van der Waals surface area (Å²) in [5, 5.41) is -0.165. The topological polar surface area (TPSA) is 72.2 Å². The van der Waals surface area contributed by atoms with Crippen molar-refractivity contribution in [1.29, 1.82) is 0 Å². The molecular weight excluding hydrogens is 317 g/mol. The first kappa shape index (κ1) is 15.4. The van der Waals surface area contributed by atoms with E-state index >= 15 is 0 Å². The highest BCUT2D eigenvalue weighted by Gasteiger charge is 2.65. The summed E-state index contributed by atoms with van der Waals surface area (Å²) in [5.41, 5.74) is 3.89. The van der Waals surface area contributed by atoms with Gasteiger partial charge in [0.05, 0.1) is 5.02 Å². The zero-order valence-electron chi connectivity index (χ0n) is 10.4. The summed E-state index contributed by atoms with van der Waals surface area (Å²) < 4.78 is 64.2. The van der Waals surface area contributed by atoms with Crippen LogP contribution in [0.1, 0.15) is 18.4 Å². The molecule has 2 rings (SSSR count). The molecule has 1 saturated carbocycles. The van der Waals surface area contributed by atoms with Crippen molar-refractivity contribution in [3.63, 3.8) is 0 Å². The second-order valence-electron chi connectivity index (χ2n) is 4.82. The summed E-state index contributed by atoms with van der Waals surface area (Å²) in [6, 6.07) is 2.37. The van der Waals surface area contributed by atoms with Crippen LogP contribution < -0.4 is 10.5 Å². The molecule has 9 heteroatoms. The Morgan fingerprint density at radius 3 is 2.35 bits per heavy atom. The Morgan fingerprint density at radius 1 is 1.35 bits per heavy atom. The van der Waals surface area contributed by atoms with Gasteiger partial charge in [0.25, 0.3) is 0 Å². The number of nitrogens with two attached hydrogens (primary N) is 1. The summed E-state index contributed by atoms with van der Waals surface area (Å²) in [4.78, 5) is -0.446. The summed E-state index contributed by atoms with van der Waals surface area (Å²) in [6.45, 7) is 1.61. The molecule has 0 spiro atoms. The summed E-state index contributed by atoms with van der Waals surface area (Å²) >= 11 is 5.79. The van der Waals surface area contributed by atoms with Gasteiger partial charge in [-0.3, -0.25) is 0 Å². The van der Waals surface area contributed by atoms with Gasteiger partial charge < -0.3 is 5.73 Å². The molecule has 0 amide bonds. The molecule has 0 aliphatic heterocycles. The fourth-order valence-corrected chi connectivity index (χ4v) is 3.82. The van der Waals surface area contributed by atoms with Crippen LogP contribution in [0.15, 0.2) is 17.0 Å². The van der Waals surface area contributed by atoms with Gasteiger partial charge in [0.15, 0.2) is 0 Å². The molecule has 1 aromatic rings. The number of benzene rings is 1. The maximum absolute atomic E-state index is 12.8. The zero-order chi connectivity index (χ0) is 15.3. The van der Waals surface area contributed by atoms with E-state index in [0.717, 1.165) is 6.07 Å². The second-order valence-corrected chi connectivity index (χ2v) is 6.88. The van der Waals surface area contributed by atoms with E-state index in [-0.39, 0.29) is 23.6 Å². The third-order valence-corrected chi connectivity index (χ3v) is 5.23. The highest BCUT2D eigenvalue weighted by Crippen LogP contribution is 2.50. The Kier molecular flexibility index (Phi) is 3.47. The third-order valence-electron chi connectivity index (χ3n) is 3.23. The standard InChI is InChI=1S/C11H12ClF3N2O2S/c1-6-4-7(12)9(5-8(6)16)20(18,19)17-10(2-3-10)11(13,14)15/h4-5,17H,2-3,16H2,1H3. The molecule has 0 atom stereocenters. The summed E-state index contributed by atoms with van der Waals surface area (Å²) in [5.74, 6) is 0. The molecule has 0 aromatic heterocycles. The van der Waals surface area contributed by atoms with Crippen LogP contribution in [0.3, 0.4) is 0 Å². The van der Waals surface area contributed by atoms with Crippen molar-refractivity contribution in [1.82, 2.24) is 4.72 Å². The van der Waals surface area contributed by atoms with E-state index in [1.807, 2.05) is 0 Å². The molecule has 1 aromatic carbocycles. The van der Waals surface area contributed by atoms with Crippen LogP contribution in [0, 0.1) is 6.92 Å². The summed E-state index contributed by atoms with van der Waals surface area (Å²) in [7, 11) is -4.39. The lowest BCUT2D eigenvalue weighted by Crippen LogP contribution is -2.47. The number of hydrogen-bond donors (Lipinski definition) is 2. The van der Waals surface area contributed by atoms with E-state index in [0.29, 0.717) is 5.56 Å². The van der Waals surface area contributed by atoms with Crippen LogP contribution in [0.4, 0.5) is 18.9 Å². The molecule has 1 aliphatic carbocycles. The number of sulfonamides is 1. The first-order valence-corrected chi connectivity index (χ1v) is 7.51. The zero-order valence-corrected chi connectivity index (χ0v) is 12.0. The van der Waals surface area contributed by atoms with Crippen molar-refractivity contribution in [2.75, 3.05) is 5.73 Å².